The second-order valence-corrected chi connectivity index (χ2v) is 3.66. The lowest BCUT2D eigenvalue weighted by molar-refractivity contribution is 0.619. The number of hydrogen-bond acceptors (Lipinski definition) is 3. The van der Waals surface area contributed by atoms with Gasteiger partial charge < -0.3 is 5.32 Å². The molecule has 0 spiro atoms. The van der Waals surface area contributed by atoms with Gasteiger partial charge in [-0.2, -0.15) is 0 Å². The van der Waals surface area contributed by atoms with Gasteiger partial charge in [-0.1, -0.05) is 23.4 Å². The van der Waals surface area contributed by atoms with Crippen molar-refractivity contribution in [2.45, 2.75) is 13.0 Å². The molecule has 0 saturated heterocycles. The van der Waals surface area contributed by atoms with Gasteiger partial charge in [0.15, 0.2) is 0 Å². The average molecular weight is 200 g/mol. The Balaban J connectivity index is 2.09. The van der Waals surface area contributed by atoms with Gasteiger partial charge in [0.05, 0.1) is 11.4 Å². The first-order valence-corrected chi connectivity index (χ1v) is 5.15. The molecule has 0 saturated carbocycles. The Bertz CT molecular complexity index is 461. The first kappa shape index (κ1) is 8.61. The monoisotopic (exact) mass is 200 g/mol. The van der Waals surface area contributed by atoms with Gasteiger partial charge in [0.1, 0.15) is 5.69 Å². The van der Waals surface area contributed by atoms with E-state index in [2.05, 4.69) is 27.8 Å². The largest absolute Gasteiger partial charge is 0.311 e. The maximum Gasteiger partial charge on any atom is 0.100 e. The Morgan fingerprint density at radius 3 is 2.93 bits per heavy atom. The molecule has 1 aliphatic heterocycles. The Hall–Kier alpha value is -1.68. The van der Waals surface area contributed by atoms with Crippen molar-refractivity contribution < 1.29 is 0 Å². The molecule has 0 fully saturated rings. The fourth-order valence-electron chi connectivity index (χ4n) is 1.91. The summed E-state index contributed by atoms with van der Waals surface area (Å²) in [7, 11) is 0. The van der Waals surface area contributed by atoms with E-state index in [0.29, 0.717) is 0 Å². The zero-order chi connectivity index (χ0) is 10.1. The van der Waals surface area contributed by atoms with Gasteiger partial charge in [-0.3, -0.25) is 0 Å². The summed E-state index contributed by atoms with van der Waals surface area (Å²) in [6, 6.07) is 10.2. The summed E-state index contributed by atoms with van der Waals surface area (Å²) in [5.74, 6) is 0. The van der Waals surface area contributed by atoms with E-state index in [-0.39, 0.29) is 0 Å². The molecule has 4 heteroatoms. The number of benzene rings is 1. The molecule has 0 bridgehead atoms. The van der Waals surface area contributed by atoms with Gasteiger partial charge in [0, 0.05) is 19.5 Å². The quantitative estimate of drug-likeness (QED) is 0.744. The molecule has 4 nitrogen and oxygen atoms in total. The Labute approximate surface area is 87.9 Å². The highest BCUT2D eigenvalue weighted by Crippen LogP contribution is 2.15. The van der Waals surface area contributed by atoms with E-state index in [1.807, 2.05) is 22.9 Å². The number of hydrogen-bond donors (Lipinski definition) is 1. The number of nitrogens with zero attached hydrogens (tertiary/aromatic N) is 3. The summed E-state index contributed by atoms with van der Waals surface area (Å²) in [4.78, 5) is 0. The summed E-state index contributed by atoms with van der Waals surface area (Å²) in [6.07, 6.45) is 0.997. The molecule has 76 valence electrons. The van der Waals surface area contributed by atoms with Gasteiger partial charge in [-0.25, -0.2) is 4.68 Å². The second kappa shape index (κ2) is 3.47. The van der Waals surface area contributed by atoms with Crippen LogP contribution in [0.5, 0.6) is 0 Å². The lowest BCUT2D eigenvalue weighted by Gasteiger charge is -2.13. The van der Waals surface area contributed by atoms with Crippen LogP contribution in [-0.4, -0.2) is 21.5 Å². The minimum Gasteiger partial charge on any atom is -0.311 e. The third-order valence-electron chi connectivity index (χ3n) is 2.68. The minimum atomic E-state index is 0.835. The van der Waals surface area contributed by atoms with Crippen molar-refractivity contribution in [3.05, 3.63) is 41.7 Å². The van der Waals surface area contributed by atoms with Crippen molar-refractivity contribution in [1.29, 1.82) is 0 Å². The van der Waals surface area contributed by atoms with Gasteiger partial charge >= 0.3 is 0 Å². The molecule has 1 aromatic heterocycles. The zero-order valence-electron chi connectivity index (χ0n) is 8.35. The van der Waals surface area contributed by atoms with Crippen LogP contribution in [0.1, 0.15) is 11.4 Å². The molecule has 2 heterocycles. The normalized spacial score (nSPS) is 14.9. The van der Waals surface area contributed by atoms with Gasteiger partial charge in [-0.05, 0) is 12.1 Å². The minimum absolute atomic E-state index is 0.835. The molecule has 0 amide bonds. The van der Waals surface area contributed by atoms with Crippen molar-refractivity contribution in [3.63, 3.8) is 0 Å². The molecule has 3 rings (SSSR count). The molecule has 1 N–H and O–H groups in total. The molecule has 0 unspecified atom stereocenters. The highest BCUT2D eigenvalue weighted by Gasteiger charge is 2.16. The molecule has 0 aliphatic carbocycles. The first-order chi connectivity index (χ1) is 7.45. The SMILES string of the molecule is c1ccc(-n2nnc3c2CCNC3)cc1. The molecule has 0 atom stereocenters. The van der Waals surface area contributed by atoms with Crippen LogP contribution in [0, 0.1) is 0 Å². The van der Waals surface area contributed by atoms with E-state index in [9.17, 15) is 0 Å². The lowest BCUT2D eigenvalue weighted by atomic mass is 10.2. The van der Waals surface area contributed by atoms with E-state index in [4.69, 9.17) is 0 Å². The number of para-hydroxylation sites is 1. The van der Waals surface area contributed by atoms with Crippen LogP contribution < -0.4 is 5.32 Å². The topological polar surface area (TPSA) is 42.7 Å². The van der Waals surface area contributed by atoms with Crippen molar-refractivity contribution in [2.75, 3.05) is 6.54 Å². The van der Waals surface area contributed by atoms with Crippen LogP contribution in [-0.2, 0) is 13.0 Å². The van der Waals surface area contributed by atoms with Crippen LogP contribution in [0.3, 0.4) is 0 Å². The summed E-state index contributed by atoms with van der Waals surface area (Å²) in [5, 5.41) is 11.7. The predicted molar refractivity (Wildman–Crippen MR) is 56.8 cm³/mol. The standard InChI is InChI=1S/C11H12N4/c1-2-4-9(5-3-1)15-11-6-7-12-8-10(11)13-14-15/h1-5,12H,6-8H2. The van der Waals surface area contributed by atoms with E-state index < -0.39 is 0 Å². The molecule has 15 heavy (non-hydrogen) atoms. The van der Waals surface area contributed by atoms with Crippen LogP contribution in [0.4, 0.5) is 0 Å². The molecular formula is C11H12N4. The Morgan fingerprint density at radius 1 is 1.20 bits per heavy atom. The third kappa shape index (κ3) is 1.43. The van der Waals surface area contributed by atoms with Gasteiger partial charge in [-0.15, -0.1) is 5.10 Å². The summed E-state index contributed by atoms with van der Waals surface area (Å²) in [5.41, 5.74) is 3.40. The third-order valence-corrected chi connectivity index (χ3v) is 2.68. The van der Waals surface area contributed by atoms with Gasteiger partial charge in [0.2, 0.25) is 0 Å². The molecular weight excluding hydrogens is 188 g/mol. The van der Waals surface area contributed by atoms with Crippen molar-refractivity contribution in [2.24, 2.45) is 0 Å². The van der Waals surface area contributed by atoms with Crippen LogP contribution >= 0.6 is 0 Å². The highest BCUT2D eigenvalue weighted by atomic mass is 15.4. The first-order valence-electron chi connectivity index (χ1n) is 5.15. The average Bonchev–Trinajstić information content (AvgIpc) is 2.74. The van der Waals surface area contributed by atoms with Crippen molar-refractivity contribution in [1.82, 2.24) is 20.3 Å². The van der Waals surface area contributed by atoms with E-state index in [1.54, 1.807) is 0 Å². The molecule has 1 aliphatic rings. The molecule has 0 radical (unpaired) electrons. The zero-order valence-corrected chi connectivity index (χ0v) is 8.35. The van der Waals surface area contributed by atoms with Crippen LogP contribution in [0.25, 0.3) is 5.69 Å². The van der Waals surface area contributed by atoms with Crippen molar-refractivity contribution in [3.8, 4) is 5.69 Å². The van der Waals surface area contributed by atoms with E-state index in [0.717, 1.165) is 30.9 Å². The number of aromatic nitrogens is 3. The van der Waals surface area contributed by atoms with Crippen LogP contribution in [0.2, 0.25) is 0 Å². The summed E-state index contributed by atoms with van der Waals surface area (Å²) < 4.78 is 1.94. The fourth-order valence-corrected chi connectivity index (χ4v) is 1.91. The summed E-state index contributed by atoms with van der Waals surface area (Å²) >= 11 is 0. The maximum absolute atomic E-state index is 4.19. The van der Waals surface area contributed by atoms with Crippen molar-refractivity contribution >= 4 is 0 Å². The number of fused-ring (bicyclic) bond motifs is 1. The fraction of sp³-hybridized carbons (Fsp3) is 0.273. The smallest absolute Gasteiger partial charge is 0.100 e. The Kier molecular flexibility index (Phi) is 1.99. The summed E-state index contributed by atoms with van der Waals surface area (Å²) in [6.45, 7) is 1.84. The lowest BCUT2D eigenvalue weighted by Crippen LogP contribution is -2.24. The van der Waals surface area contributed by atoms with Gasteiger partial charge in [0.25, 0.3) is 0 Å². The molecule has 2 aromatic rings. The maximum atomic E-state index is 4.19. The molecule has 1 aromatic carbocycles. The highest BCUT2D eigenvalue weighted by molar-refractivity contribution is 5.33. The predicted octanol–water partition coefficient (Wildman–Crippen LogP) is 0.913. The number of nitrogens with one attached hydrogen (secondary N) is 1. The number of rotatable bonds is 1. The van der Waals surface area contributed by atoms with E-state index in [1.165, 1.54) is 5.69 Å². The van der Waals surface area contributed by atoms with E-state index >= 15 is 0 Å². The second-order valence-electron chi connectivity index (χ2n) is 3.66. The van der Waals surface area contributed by atoms with Crippen LogP contribution in [0.15, 0.2) is 30.3 Å². The Morgan fingerprint density at radius 2 is 2.07 bits per heavy atom.